The van der Waals surface area contributed by atoms with E-state index < -0.39 is 6.29 Å². The number of urea groups is 1. The number of aliphatic hydroxyl groups excluding tert-OH is 1. The van der Waals surface area contributed by atoms with E-state index in [1.165, 1.54) is 0 Å². The molecular weight excluding hydrogens is 550 g/mol. The Labute approximate surface area is 250 Å². The monoisotopic (exact) mass is 587 g/mol. The van der Waals surface area contributed by atoms with Gasteiger partial charge in [-0.1, -0.05) is 91.5 Å². The molecular formula is C32H37N5O4S. The quantitative estimate of drug-likeness (QED) is 0.214. The molecule has 10 heteroatoms. The summed E-state index contributed by atoms with van der Waals surface area (Å²) in [7, 11) is 1.93. The van der Waals surface area contributed by atoms with Crippen LogP contribution in [0.25, 0.3) is 11.1 Å². The molecule has 3 aromatic carbocycles. The average molecular weight is 588 g/mol. The fraction of sp³-hybridized carbons (Fsp3) is 0.344. The Bertz CT molecular complexity index is 1460. The van der Waals surface area contributed by atoms with Gasteiger partial charge in [-0.2, -0.15) is 0 Å². The van der Waals surface area contributed by atoms with Crippen molar-refractivity contribution in [3.8, 4) is 11.1 Å². The van der Waals surface area contributed by atoms with Crippen molar-refractivity contribution in [3.63, 3.8) is 0 Å². The molecule has 5 rings (SSSR count). The van der Waals surface area contributed by atoms with Crippen molar-refractivity contribution < 1.29 is 19.4 Å². The number of nitrogens with zero attached hydrogens (tertiary/aromatic N) is 3. The number of rotatable bonds is 10. The highest BCUT2D eigenvalue weighted by atomic mass is 32.2. The van der Waals surface area contributed by atoms with Crippen LogP contribution in [0, 0.1) is 5.92 Å². The summed E-state index contributed by atoms with van der Waals surface area (Å²) in [5.74, 6) is 0.772. The van der Waals surface area contributed by atoms with Crippen molar-refractivity contribution in [2.75, 3.05) is 12.3 Å². The summed E-state index contributed by atoms with van der Waals surface area (Å²) in [6.45, 7) is 5.05. The summed E-state index contributed by atoms with van der Waals surface area (Å²) in [6.07, 6.45) is 0.842. The van der Waals surface area contributed by atoms with E-state index in [1.54, 1.807) is 18.1 Å². The van der Waals surface area contributed by atoms with Gasteiger partial charge in [-0.25, -0.2) is 4.79 Å². The summed E-state index contributed by atoms with van der Waals surface area (Å²) in [5.41, 5.74) is 5.96. The zero-order valence-electron chi connectivity index (χ0n) is 24.1. The minimum atomic E-state index is -0.558. The van der Waals surface area contributed by atoms with Crippen LogP contribution in [0.2, 0.25) is 0 Å². The highest BCUT2D eigenvalue weighted by molar-refractivity contribution is 7.99. The number of hydrogen-bond donors (Lipinski definition) is 3. The molecule has 0 aliphatic carbocycles. The Hall–Kier alpha value is -3.70. The molecule has 0 radical (unpaired) electrons. The number of aromatic nitrogens is 3. The number of benzene rings is 3. The molecule has 1 saturated heterocycles. The molecule has 1 aliphatic heterocycles. The second-order valence-corrected chi connectivity index (χ2v) is 11.3. The fourth-order valence-corrected chi connectivity index (χ4v) is 6.10. The van der Waals surface area contributed by atoms with Gasteiger partial charge in [0.1, 0.15) is 6.33 Å². The molecule has 1 aliphatic rings. The Morgan fingerprint density at radius 2 is 1.74 bits per heavy atom. The van der Waals surface area contributed by atoms with Gasteiger partial charge in [-0.3, -0.25) is 0 Å². The molecule has 4 aromatic rings. The lowest BCUT2D eigenvalue weighted by Crippen LogP contribution is -2.38. The van der Waals surface area contributed by atoms with E-state index >= 15 is 0 Å². The first-order valence-corrected chi connectivity index (χ1v) is 15.1. The molecule has 3 N–H and O–H groups in total. The van der Waals surface area contributed by atoms with Crippen LogP contribution in [0.4, 0.5) is 4.79 Å². The average Bonchev–Trinajstić information content (AvgIpc) is 3.44. The zero-order valence-corrected chi connectivity index (χ0v) is 24.9. The molecule has 9 nitrogen and oxygen atoms in total. The van der Waals surface area contributed by atoms with Gasteiger partial charge in [0.15, 0.2) is 11.4 Å². The largest absolute Gasteiger partial charge is 0.392 e. The van der Waals surface area contributed by atoms with Gasteiger partial charge in [-0.05, 0) is 34.7 Å². The van der Waals surface area contributed by atoms with E-state index in [0.717, 1.165) is 38.5 Å². The van der Waals surface area contributed by atoms with Crippen molar-refractivity contribution in [1.29, 1.82) is 0 Å². The minimum Gasteiger partial charge on any atom is -0.392 e. The van der Waals surface area contributed by atoms with Gasteiger partial charge in [-0.15, -0.1) is 10.2 Å². The molecule has 4 atom stereocenters. The molecule has 2 amide bonds. The van der Waals surface area contributed by atoms with E-state index in [0.29, 0.717) is 18.8 Å². The van der Waals surface area contributed by atoms with Crippen LogP contribution in [0.3, 0.4) is 0 Å². The SMILES string of the molecule is CCNC(=O)NCc1ccccc1-c1ccc(C2OC(CSc3nncn3C)C(C)C(c3ccc(CO)cc3)O2)cc1. The predicted molar refractivity (Wildman–Crippen MR) is 162 cm³/mol. The van der Waals surface area contributed by atoms with Crippen LogP contribution < -0.4 is 10.6 Å². The number of carbonyl (C=O) groups excluding carboxylic acids is 1. The van der Waals surface area contributed by atoms with Gasteiger partial charge >= 0.3 is 6.03 Å². The summed E-state index contributed by atoms with van der Waals surface area (Å²) in [4.78, 5) is 12.0. The molecule has 2 heterocycles. The number of aliphatic hydroxyl groups is 1. The van der Waals surface area contributed by atoms with Crippen molar-refractivity contribution >= 4 is 17.8 Å². The minimum absolute atomic E-state index is 0.00152. The number of carbonyl (C=O) groups is 1. The summed E-state index contributed by atoms with van der Waals surface area (Å²) in [5, 5.41) is 24.2. The van der Waals surface area contributed by atoms with Crippen LogP contribution in [0.15, 0.2) is 84.3 Å². The molecule has 0 saturated carbocycles. The Morgan fingerprint density at radius 3 is 2.43 bits per heavy atom. The van der Waals surface area contributed by atoms with E-state index in [1.807, 2.05) is 73.1 Å². The summed E-state index contributed by atoms with van der Waals surface area (Å²) in [6, 6.07) is 24.0. The van der Waals surface area contributed by atoms with Gasteiger partial charge in [0.2, 0.25) is 0 Å². The molecule has 220 valence electrons. The van der Waals surface area contributed by atoms with E-state index in [9.17, 15) is 9.90 Å². The maximum absolute atomic E-state index is 12.0. The first kappa shape index (κ1) is 29.8. The fourth-order valence-electron chi connectivity index (χ4n) is 5.04. The predicted octanol–water partition coefficient (Wildman–Crippen LogP) is 5.38. The number of ether oxygens (including phenoxy) is 2. The molecule has 42 heavy (non-hydrogen) atoms. The second kappa shape index (κ2) is 14.0. The summed E-state index contributed by atoms with van der Waals surface area (Å²) >= 11 is 1.62. The second-order valence-electron chi connectivity index (χ2n) is 10.3. The highest BCUT2D eigenvalue weighted by Crippen LogP contribution is 2.43. The molecule has 4 unspecified atom stereocenters. The van der Waals surface area contributed by atoms with E-state index in [-0.39, 0.29) is 30.8 Å². The molecule has 1 aromatic heterocycles. The number of hydrogen-bond acceptors (Lipinski definition) is 7. The number of thioether (sulfide) groups is 1. The zero-order chi connectivity index (χ0) is 29.5. The standard InChI is InChI=1S/C32H37N5O4S/c1-4-33-31(39)34-17-26-7-5-6-8-27(26)23-13-15-25(16-14-23)30-40-28(19-42-32-36-35-20-37(32)3)21(2)29(41-30)24-11-9-22(18-38)10-12-24/h5-16,20-21,28-30,38H,4,17-19H2,1-3H3,(H2,33,34,39). The Kier molecular flexibility index (Phi) is 9.91. The van der Waals surface area contributed by atoms with Crippen molar-refractivity contribution in [2.45, 2.75) is 50.7 Å². The molecule has 0 bridgehead atoms. The topological polar surface area (TPSA) is 111 Å². The summed E-state index contributed by atoms with van der Waals surface area (Å²) < 4.78 is 15.1. The third kappa shape index (κ3) is 7.01. The third-order valence-electron chi connectivity index (χ3n) is 7.46. The van der Waals surface area contributed by atoms with Crippen LogP contribution >= 0.6 is 11.8 Å². The maximum atomic E-state index is 12.0. The first-order chi connectivity index (χ1) is 20.5. The van der Waals surface area contributed by atoms with Crippen LogP contribution in [-0.4, -0.2) is 44.3 Å². The maximum Gasteiger partial charge on any atom is 0.315 e. The van der Waals surface area contributed by atoms with Gasteiger partial charge in [0.05, 0.1) is 18.8 Å². The Balaban J connectivity index is 1.37. The van der Waals surface area contributed by atoms with Crippen LogP contribution in [-0.2, 0) is 29.7 Å². The lowest BCUT2D eigenvalue weighted by Gasteiger charge is -2.41. The smallest absolute Gasteiger partial charge is 0.315 e. The van der Waals surface area contributed by atoms with Crippen molar-refractivity contribution in [2.24, 2.45) is 13.0 Å². The first-order valence-electron chi connectivity index (χ1n) is 14.1. The van der Waals surface area contributed by atoms with Gasteiger partial charge in [0, 0.05) is 37.4 Å². The van der Waals surface area contributed by atoms with E-state index in [4.69, 9.17) is 9.47 Å². The highest BCUT2D eigenvalue weighted by Gasteiger charge is 2.38. The number of nitrogens with one attached hydrogen (secondary N) is 2. The Morgan fingerprint density at radius 1 is 1.00 bits per heavy atom. The van der Waals surface area contributed by atoms with E-state index in [2.05, 4.69) is 46.0 Å². The lowest BCUT2D eigenvalue weighted by atomic mass is 9.91. The van der Waals surface area contributed by atoms with Gasteiger partial charge in [0.25, 0.3) is 0 Å². The lowest BCUT2D eigenvalue weighted by molar-refractivity contribution is -0.268. The third-order valence-corrected chi connectivity index (χ3v) is 8.58. The number of aryl methyl sites for hydroxylation is 1. The van der Waals surface area contributed by atoms with Crippen molar-refractivity contribution in [1.82, 2.24) is 25.4 Å². The van der Waals surface area contributed by atoms with Crippen LogP contribution in [0.5, 0.6) is 0 Å². The normalized spacial score (nSPS) is 20.3. The number of amides is 2. The van der Waals surface area contributed by atoms with Gasteiger partial charge < -0.3 is 29.8 Å². The van der Waals surface area contributed by atoms with Crippen molar-refractivity contribution in [3.05, 3.63) is 101 Å². The molecule has 1 fully saturated rings. The van der Waals surface area contributed by atoms with Crippen LogP contribution in [0.1, 0.15) is 48.5 Å². The molecule has 0 spiro atoms.